The minimum Gasteiger partial charge on any atom is -0.381 e. The molecule has 0 saturated heterocycles. The first-order valence-electron chi connectivity index (χ1n) is 6.26. The lowest BCUT2D eigenvalue weighted by Crippen LogP contribution is -2.05. The molecule has 2 aromatic rings. The van der Waals surface area contributed by atoms with E-state index in [0.717, 1.165) is 6.26 Å². The molecular weight excluding hydrogens is 313 g/mol. The summed E-state index contributed by atoms with van der Waals surface area (Å²) in [5, 5.41) is 3.46. The minimum atomic E-state index is -3.29. The highest BCUT2D eigenvalue weighted by Gasteiger charge is 2.11. The lowest BCUT2D eigenvalue weighted by atomic mass is 10.2. The molecule has 6 heteroatoms. The van der Waals surface area contributed by atoms with Crippen LogP contribution in [0.3, 0.4) is 0 Å². The van der Waals surface area contributed by atoms with E-state index in [4.69, 9.17) is 11.6 Å². The molecule has 1 N–H and O–H groups in total. The van der Waals surface area contributed by atoms with Crippen LogP contribution in [-0.2, 0) is 16.4 Å². The molecule has 0 aromatic heterocycles. The van der Waals surface area contributed by atoms with Crippen LogP contribution in [0.1, 0.15) is 11.1 Å². The quantitative estimate of drug-likeness (QED) is 0.929. The maximum atomic E-state index is 13.6. The second-order valence-electron chi connectivity index (χ2n) is 4.84. The van der Waals surface area contributed by atoms with Gasteiger partial charge in [0.2, 0.25) is 0 Å². The molecule has 2 rings (SSSR count). The van der Waals surface area contributed by atoms with Crippen molar-refractivity contribution >= 4 is 27.1 Å². The van der Waals surface area contributed by atoms with Gasteiger partial charge in [-0.3, -0.25) is 0 Å². The lowest BCUT2D eigenvalue weighted by molar-refractivity contribution is 0.601. The average molecular weight is 328 g/mol. The van der Waals surface area contributed by atoms with Crippen LogP contribution in [0, 0.1) is 12.7 Å². The molecule has 0 aliphatic heterocycles. The normalized spacial score (nSPS) is 11.4. The third-order valence-electron chi connectivity index (χ3n) is 3.08. The second kappa shape index (κ2) is 6.03. The smallest absolute Gasteiger partial charge is 0.175 e. The van der Waals surface area contributed by atoms with E-state index >= 15 is 0 Å². The third-order valence-corrected chi connectivity index (χ3v) is 4.55. The fourth-order valence-electron chi connectivity index (χ4n) is 1.99. The zero-order valence-corrected chi connectivity index (χ0v) is 13.2. The molecule has 0 spiro atoms. The Labute approximate surface area is 128 Å². The van der Waals surface area contributed by atoms with E-state index in [0.29, 0.717) is 21.8 Å². The van der Waals surface area contributed by atoms with Gasteiger partial charge in [0.05, 0.1) is 4.90 Å². The molecule has 0 radical (unpaired) electrons. The van der Waals surface area contributed by atoms with E-state index in [1.807, 2.05) is 0 Å². The van der Waals surface area contributed by atoms with Crippen LogP contribution in [0.2, 0.25) is 5.02 Å². The summed E-state index contributed by atoms with van der Waals surface area (Å²) in [6.07, 6.45) is 1.16. The molecule has 112 valence electrons. The molecule has 0 unspecified atom stereocenters. The number of aryl methyl sites for hydroxylation is 1. The fraction of sp³-hybridized carbons (Fsp3) is 0.200. The Morgan fingerprint density at radius 1 is 1.19 bits per heavy atom. The van der Waals surface area contributed by atoms with Crippen molar-refractivity contribution in [2.24, 2.45) is 0 Å². The summed E-state index contributed by atoms with van der Waals surface area (Å²) >= 11 is 5.83. The zero-order valence-electron chi connectivity index (χ0n) is 11.7. The van der Waals surface area contributed by atoms with E-state index in [9.17, 15) is 12.8 Å². The van der Waals surface area contributed by atoms with Gasteiger partial charge < -0.3 is 5.32 Å². The van der Waals surface area contributed by atoms with Gasteiger partial charge in [-0.2, -0.15) is 0 Å². The average Bonchev–Trinajstić information content (AvgIpc) is 2.40. The molecule has 0 heterocycles. The largest absolute Gasteiger partial charge is 0.381 e. The molecule has 0 aliphatic rings. The van der Waals surface area contributed by atoms with E-state index in [1.165, 1.54) is 18.2 Å². The maximum absolute atomic E-state index is 13.6. The molecule has 0 fully saturated rings. The highest BCUT2D eigenvalue weighted by Crippen LogP contribution is 2.21. The predicted octanol–water partition coefficient (Wildman–Crippen LogP) is 3.80. The molecule has 0 bridgehead atoms. The maximum Gasteiger partial charge on any atom is 0.175 e. The first kappa shape index (κ1) is 15.8. The van der Waals surface area contributed by atoms with Crippen molar-refractivity contribution in [3.8, 4) is 0 Å². The molecule has 0 saturated carbocycles. The van der Waals surface area contributed by atoms with Crippen molar-refractivity contribution in [3.05, 3.63) is 58.4 Å². The summed E-state index contributed by atoms with van der Waals surface area (Å²) in [5.41, 5.74) is 1.71. The molecule has 3 nitrogen and oxygen atoms in total. The van der Waals surface area contributed by atoms with Gasteiger partial charge in [-0.1, -0.05) is 17.7 Å². The molecule has 0 aliphatic carbocycles. The van der Waals surface area contributed by atoms with Crippen LogP contribution in [0.5, 0.6) is 0 Å². The first-order chi connectivity index (χ1) is 9.77. The number of hydrogen-bond donors (Lipinski definition) is 1. The van der Waals surface area contributed by atoms with Gasteiger partial charge in [-0.05, 0) is 42.8 Å². The Bertz CT molecular complexity index is 775. The predicted molar refractivity (Wildman–Crippen MR) is 83.0 cm³/mol. The Hall–Kier alpha value is -1.59. The van der Waals surface area contributed by atoms with Crippen molar-refractivity contribution in [3.63, 3.8) is 0 Å². The van der Waals surface area contributed by atoms with Gasteiger partial charge >= 0.3 is 0 Å². The van der Waals surface area contributed by atoms with Crippen molar-refractivity contribution in [1.29, 1.82) is 0 Å². The molecule has 0 atom stereocenters. The van der Waals surface area contributed by atoms with Crippen molar-refractivity contribution in [2.45, 2.75) is 18.4 Å². The molecule has 0 amide bonds. The van der Waals surface area contributed by atoms with Crippen molar-refractivity contribution in [1.82, 2.24) is 0 Å². The van der Waals surface area contributed by atoms with Crippen LogP contribution in [0.25, 0.3) is 0 Å². The number of anilines is 1. The van der Waals surface area contributed by atoms with Crippen LogP contribution >= 0.6 is 11.6 Å². The summed E-state index contributed by atoms with van der Waals surface area (Å²) in [6.45, 7) is 1.95. The Kier molecular flexibility index (Phi) is 4.54. The summed E-state index contributed by atoms with van der Waals surface area (Å²) in [4.78, 5) is 0.263. The van der Waals surface area contributed by atoms with E-state index in [1.54, 1.807) is 25.1 Å². The zero-order chi connectivity index (χ0) is 15.6. The highest BCUT2D eigenvalue weighted by atomic mass is 35.5. The summed E-state index contributed by atoms with van der Waals surface area (Å²) in [7, 11) is -3.29. The first-order valence-corrected chi connectivity index (χ1v) is 8.53. The van der Waals surface area contributed by atoms with Crippen molar-refractivity contribution < 1.29 is 12.8 Å². The van der Waals surface area contributed by atoms with Gasteiger partial charge in [0, 0.05) is 29.1 Å². The van der Waals surface area contributed by atoms with Crippen LogP contribution in [0.15, 0.2) is 41.3 Å². The van der Waals surface area contributed by atoms with E-state index < -0.39 is 9.84 Å². The highest BCUT2D eigenvalue weighted by molar-refractivity contribution is 7.90. The minimum absolute atomic E-state index is 0.221. The lowest BCUT2D eigenvalue weighted by Gasteiger charge is -2.11. The van der Waals surface area contributed by atoms with E-state index in [-0.39, 0.29) is 17.3 Å². The van der Waals surface area contributed by atoms with Crippen molar-refractivity contribution in [2.75, 3.05) is 11.6 Å². The topological polar surface area (TPSA) is 46.2 Å². The monoisotopic (exact) mass is 327 g/mol. The van der Waals surface area contributed by atoms with Crippen LogP contribution in [-0.4, -0.2) is 14.7 Å². The number of benzene rings is 2. The van der Waals surface area contributed by atoms with Crippen LogP contribution in [0.4, 0.5) is 10.1 Å². The molecule has 2 aromatic carbocycles. The van der Waals surface area contributed by atoms with Gasteiger partial charge in [-0.15, -0.1) is 0 Å². The number of nitrogens with one attached hydrogen (secondary N) is 1. The number of halogens is 2. The Morgan fingerprint density at radius 3 is 2.57 bits per heavy atom. The van der Waals surface area contributed by atoms with Gasteiger partial charge in [0.15, 0.2) is 9.84 Å². The Morgan fingerprint density at radius 2 is 1.90 bits per heavy atom. The summed E-state index contributed by atoms with van der Waals surface area (Å²) in [5.74, 6) is -0.359. The Balaban J connectivity index is 2.23. The molecule has 21 heavy (non-hydrogen) atoms. The number of rotatable bonds is 4. The van der Waals surface area contributed by atoms with Gasteiger partial charge in [-0.25, -0.2) is 12.8 Å². The van der Waals surface area contributed by atoms with Gasteiger partial charge in [0.25, 0.3) is 0 Å². The van der Waals surface area contributed by atoms with E-state index in [2.05, 4.69) is 5.32 Å². The SMILES string of the molecule is Cc1ccc(NCc2cc(Cl)ccc2F)cc1S(C)(=O)=O. The summed E-state index contributed by atoms with van der Waals surface area (Å²) < 4.78 is 37.0. The van der Waals surface area contributed by atoms with Gasteiger partial charge in [0.1, 0.15) is 5.82 Å². The number of sulfone groups is 1. The van der Waals surface area contributed by atoms with Crippen LogP contribution < -0.4 is 5.32 Å². The fourth-order valence-corrected chi connectivity index (χ4v) is 3.17. The molecular formula is C15H15ClFNO2S. The summed E-state index contributed by atoms with van der Waals surface area (Å²) in [6, 6.07) is 9.34. The third kappa shape index (κ3) is 3.95. The second-order valence-corrected chi connectivity index (χ2v) is 7.26. The standard InChI is InChI=1S/C15H15ClFNO2S/c1-10-3-5-13(8-15(10)21(2,19)20)18-9-11-7-12(16)4-6-14(11)17/h3-8,18H,9H2,1-2H3. The number of hydrogen-bond acceptors (Lipinski definition) is 3.